The molecule has 0 aliphatic carbocycles. The summed E-state index contributed by atoms with van der Waals surface area (Å²) in [4.78, 5) is 43.6. The molecule has 9 heteroatoms. The van der Waals surface area contributed by atoms with Crippen molar-refractivity contribution in [2.75, 3.05) is 13.1 Å². The average Bonchev–Trinajstić information content (AvgIpc) is 3.24. The number of hydrogen-bond donors (Lipinski definition) is 2. The number of Topliss-reactive ketones (excluding diaryl/α,β-unsaturated/α-hetero) is 1. The van der Waals surface area contributed by atoms with Crippen molar-refractivity contribution in [3.05, 3.63) is 77.7 Å². The number of ketones is 1. The molecular weight excluding hydrogens is 408 g/mol. The number of benzene rings is 1. The fraction of sp³-hybridized carbons (Fsp3) is 0.261. The number of likely N-dealkylation sites (tertiary alicyclic amines) is 1. The maximum Gasteiger partial charge on any atom is 0.287 e. The van der Waals surface area contributed by atoms with Crippen molar-refractivity contribution in [3.63, 3.8) is 0 Å². The standard InChI is InChI=1S/C23H24N6O3/c24-21(31)20(30)19(14-16-6-2-1-3-7-16)26-23(32)18-8-4-10-25-22(18)29-13-9-17(27-29)15-28-11-5-12-28/h1-4,6-10,13,19H,5,11-12,14-15H2,(H2,24,31)(H,26,32). The number of nitrogens with two attached hydrogens (primary N) is 1. The summed E-state index contributed by atoms with van der Waals surface area (Å²) in [5, 5.41) is 7.20. The van der Waals surface area contributed by atoms with E-state index in [1.165, 1.54) is 6.42 Å². The van der Waals surface area contributed by atoms with Gasteiger partial charge in [-0.2, -0.15) is 5.10 Å². The lowest BCUT2D eigenvalue weighted by molar-refractivity contribution is -0.137. The van der Waals surface area contributed by atoms with E-state index in [0.29, 0.717) is 5.82 Å². The van der Waals surface area contributed by atoms with Gasteiger partial charge in [0.25, 0.3) is 11.8 Å². The quantitative estimate of drug-likeness (QED) is 0.484. The van der Waals surface area contributed by atoms with Crippen LogP contribution in [-0.4, -0.2) is 56.4 Å². The lowest BCUT2D eigenvalue weighted by Gasteiger charge is -2.29. The zero-order valence-electron chi connectivity index (χ0n) is 17.5. The van der Waals surface area contributed by atoms with Crippen LogP contribution in [0.15, 0.2) is 60.9 Å². The molecule has 1 fully saturated rings. The fourth-order valence-electron chi connectivity index (χ4n) is 3.56. The van der Waals surface area contributed by atoms with Crippen LogP contribution in [0.2, 0.25) is 0 Å². The average molecular weight is 432 g/mol. The Hall–Kier alpha value is -3.85. The lowest BCUT2D eigenvalue weighted by Crippen LogP contribution is -2.47. The molecule has 1 saturated heterocycles. The summed E-state index contributed by atoms with van der Waals surface area (Å²) in [6, 6.07) is 13.1. The Morgan fingerprint density at radius 3 is 2.53 bits per heavy atom. The minimum Gasteiger partial charge on any atom is -0.363 e. The van der Waals surface area contributed by atoms with Crippen molar-refractivity contribution in [1.29, 1.82) is 0 Å². The van der Waals surface area contributed by atoms with Crippen LogP contribution in [-0.2, 0) is 22.6 Å². The van der Waals surface area contributed by atoms with Crippen molar-refractivity contribution in [3.8, 4) is 5.82 Å². The zero-order valence-corrected chi connectivity index (χ0v) is 17.5. The van der Waals surface area contributed by atoms with E-state index in [1.54, 1.807) is 29.2 Å². The summed E-state index contributed by atoms with van der Waals surface area (Å²) in [5.41, 5.74) is 7.13. The SMILES string of the molecule is NC(=O)C(=O)C(Cc1ccccc1)NC(=O)c1cccnc1-n1ccc(CN2CCC2)n1. The van der Waals surface area contributed by atoms with E-state index in [0.717, 1.165) is 30.9 Å². The molecule has 1 aliphatic heterocycles. The van der Waals surface area contributed by atoms with Crippen LogP contribution in [0.3, 0.4) is 0 Å². The Bertz CT molecular complexity index is 1120. The van der Waals surface area contributed by atoms with Crippen LogP contribution in [0, 0.1) is 0 Å². The second kappa shape index (κ2) is 9.52. The molecule has 1 aromatic carbocycles. The molecular formula is C23H24N6O3. The molecule has 9 nitrogen and oxygen atoms in total. The van der Waals surface area contributed by atoms with E-state index >= 15 is 0 Å². The summed E-state index contributed by atoms with van der Waals surface area (Å²) in [6.07, 6.45) is 4.66. The van der Waals surface area contributed by atoms with Crippen LogP contribution < -0.4 is 11.1 Å². The van der Waals surface area contributed by atoms with Gasteiger partial charge >= 0.3 is 0 Å². The highest BCUT2D eigenvalue weighted by atomic mass is 16.2. The molecule has 2 aromatic heterocycles. The first-order valence-electron chi connectivity index (χ1n) is 10.4. The van der Waals surface area contributed by atoms with Gasteiger partial charge < -0.3 is 11.1 Å². The van der Waals surface area contributed by atoms with E-state index in [-0.39, 0.29) is 12.0 Å². The van der Waals surface area contributed by atoms with Crippen molar-refractivity contribution < 1.29 is 14.4 Å². The lowest BCUT2D eigenvalue weighted by atomic mass is 10.0. The molecule has 1 unspecified atom stereocenters. The molecule has 164 valence electrons. The maximum absolute atomic E-state index is 13.1. The van der Waals surface area contributed by atoms with Gasteiger partial charge in [-0.3, -0.25) is 19.3 Å². The van der Waals surface area contributed by atoms with Crippen molar-refractivity contribution in [1.82, 2.24) is 25.0 Å². The number of carbonyl (C=O) groups is 3. The van der Waals surface area contributed by atoms with E-state index in [4.69, 9.17) is 5.73 Å². The Labute approximate surface area is 185 Å². The summed E-state index contributed by atoms with van der Waals surface area (Å²) < 4.78 is 1.55. The van der Waals surface area contributed by atoms with Gasteiger partial charge in [0.05, 0.1) is 11.3 Å². The van der Waals surface area contributed by atoms with Gasteiger partial charge in [0.2, 0.25) is 5.78 Å². The highest BCUT2D eigenvalue weighted by Crippen LogP contribution is 2.15. The molecule has 0 bridgehead atoms. The molecule has 3 N–H and O–H groups in total. The summed E-state index contributed by atoms with van der Waals surface area (Å²) >= 11 is 0. The second-order valence-corrected chi connectivity index (χ2v) is 7.70. The summed E-state index contributed by atoms with van der Waals surface area (Å²) in [6.45, 7) is 2.86. The first-order valence-corrected chi connectivity index (χ1v) is 10.4. The number of aromatic nitrogens is 3. The topological polar surface area (TPSA) is 123 Å². The minimum absolute atomic E-state index is 0.145. The Balaban J connectivity index is 1.55. The predicted octanol–water partition coefficient (Wildman–Crippen LogP) is 0.868. The normalized spacial score (nSPS) is 14.4. The van der Waals surface area contributed by atoms with E-state index in [9.17, 15) is 14.4 Å². The van der Waals surface area contributed by atoms with Crippen LogP contribution in [0.25, 0.3) is 5.82 Å². The number of nitrogens with one attached hydrogen (secondary N) is 1. The first kappa shape index (κ1) is 21.4. The molecule has 3 aromatic rings. The van der Waals surface area contributed by atoms with Crippen LogP contribution in [0.4, 0.5) is 0 Å². The van der Waals surface area contributed by atoms with Crippen molar-refractivity contribution in [2.45, 2.75) is 25.4 Å². The predicted molar refractivity (Wildman–Crippen MR) is 117 cm³/mol. The molecule has 3 heterocycles. The fourth-order valence-corrected chi connectivity index (χ4v) is 3.56. The Kier molecular flexibility index (Phi) is 6.37. The van der Waals surface area contributed by atoms with Gasteiger partial charge in [-0.05, 0) is 43.3 Å². The van der Waals surface area contributed by atoms with Crippen LogP contribution in [0.1, 0.15) is 28.0 Å². The smallest absolute Gasteiger partial charge is 0.287 e. The third-order valence-corrected chi connectivity index (χ3v) is 5.37. The minimum atomic E-state index is -1.10. The number of nitrogens with zero attached hydrogens (tertiary/aromatic N) is 4. The van der Waals surface area contributed by atoms with Gasteiger partial charge in [0.15, 0.2) is 5.82 Å². The zero-order chi connectivity index (χ0) is 22.5. The number of rotatable bonds is 9. The number of hydrogen-bond acceptors (Lipinski definition) is 6. The third-order valence-electron chi connectivity index (χ3n) is 5.37. The highest BCUT2D eigenvalue weighted by molar-refractivity contribution is 6.38. The second-order valence-electron chi connectivity index (χ2n) is 7.70. The number of primary amides is 1. The van der Waals surface area contributed by atoms with E-state index in [2.05, 4.69) is 20.3 Å². The highest BCUT2D eigenvalue weighted by Gasteiger charge is 2.27. The van der Waals surface area contributed by atoms with Crippen molar-refractivity contribution in [2.24, 2.45) is 5.73 Å². The monoisotopic (exact) mass is 432 g/mol. The Morgan fingerprint density at radius 1 is 1.06 bits per heavy atom. The molecule has 1 aliphatic rings. The van der Waals surface area contributed by atoms with Gasteiger partial charge in [-0.15, -0.1) is 0 Å². The molecule has 32 heavy (non-hydrogen) atoms. The van der Waals surface area contributed by atoms with Crippen molar-refractivity contribution >= 4 is 17.6 Å². The molecule has 1 atom stereocenters. The molecule has 2 amide bonds. The summed E-state index contributed by atoms with van der Waals surface area (Å²) in [5.74, 6) is -2.16. The molecule has 0 radical (unpaired) electrons. The number of amides is 2. The van der Waals surface area contributed by atoms with Gasteiger partial charge in [0, 0.05) is 25.4 Å². The largest absolute Gasteiger partial charge is 0.363 e. The Morgan fingerprint density at radius 2 is 1.84 bits per heavy atom. The third kappa shape index (κ3) is 4.89. The molecule has 0 spiro atoms. The molecule has 4 rings (SSSR count). The van der Waals surface area contributed by atoms with E-state index < -0.39 is 23.6 Å². The van der Waals surface area contributed by atoms with E-state index in [1.807, 2.05) is 36.4 Å². The van der Waals surface area contributed by atoms with Gasteiger partial charge in [-0.25, -0.2) is 9.67 Å². The van der Waals surface area contributed by atoms with Gasteiger partial charge in [-0.1, -0.05) is 30.3 Å². The molecule has 0 saturated carbocycles. The number of carbonyl (C=O) groups excluding carboxylic acids is 3. The first-order chi connectivity index (χ1) is 15.5. The van der Waals surface area contributed by atoms with Crippen LogP contribution in [0.5, 0.6) is 0 Å². The summed E-state index contributed by atoms with van der Waals surface area (Å²) in [7, 11) is 0. The number of pyridine rings is 1. The maximum atomic E-state index is 13.1. The van der Waals surface area contributed by atoms with Gasteiger partial charge in [0.1, 0.15) is 6.04 Å². The van der Waals surface area contributed by atoms with Crippen LogP contribution >= 0.6 is 0 Å².